The molecule has 0 aliphatic heterocycles. The van der Waals surface area contributed by atoms with Crippen LogP contribution in [0.5, 0.6) is 0 Å². The third kappa shape index (κ3) is 2.39. The standard InChI is InChI=1S/C9H11BrClN/c10-6-2-4-7-3-1-5-8(12)9(7)11/h1,3,5H,2,4,6,12H2. The lowest BCUT2D eigenvalue weighted by molar-refractivity contribution is 0.940. The number of rotatable bonds is 3. The summed E-state index contributed by atoms with van der Waals surface area (Å²) in [6.45, 7) is 0. The smallest absolute Gasteiger partial charge is 0.0667 e. The normalized spacial score (nSPS) is 10.2. The maximum absolute atomic E-state index is 5.99. The van der Waals surface area contributed by atoms with Crippen molar-refractivity contribution >= 4 is 33.2 Å². The van der Waals surface area contributed by atoms with Gasteiger partial charge in [-0.1, -0.05) is 39.7 Å². The van der Waals surface area contributed by atoms with Crippen molar-refractivity contribution in [2.75, 3.05) is 11.1 Å². The predicted octanol–water partition coefficient (Wildman–Crippen LogP) is 3.25. The molecule has 2 N–H and O–H groups in total. The van der Waals surface area contributed by atoms with Crippen molar-refractivity contribution in [2.45, 2.75) is 12.8 Å². The lowest BCUT2D eigenvalue weighted by Crippen LogP contribution is -1.92. The molecule has 0 radical (unpaired) electrons. The monoisotopic (exact) mass is 247 g/mol. The minimum absolute atomic E-state index is 0.670. The Morgan fingerprint density at radius 1 is 1.42 bits per heavy atom. The highest BCUT2D eigenvalue weighted by molar-refractivity contribution is 9.09. The number of hydrogen-bond donors (Lipinski definition) is 1. The fourth-order valence-electron chi connectivity index (χ4n) is 1.05. The van der Waals surface area contributed by atoms with Crippen LogP contribution in [-0.2, 0) is 6.42 Å². The number of anilines is 1. The van der Waals surface area contributed by atoms with Crippen molar-refractivity contribution in [1.29, 1.82) is 0 Å². The van der Waals surface area contributed by atoms with Gasteiger partial charge in [-0.05, 0) is 24.5 Å². The molecule has 1 nitrogen and oxygen atoms in total. The van der Waals surface area contributed by atoms with Crippen LogP contribution < -0.4 is 5.73 Å². The maximum Gasteiger partial charge on any atom is 0.0667 e. The predicted molar refractivity (Wildman–Crippen MR) is 58.0 cm³/mol. The number of alkyl halides is 1. The molecule has 1 rings (SSSR count). The second-order valence-electron chi connectivity index (χ2n) is 2.61. The summed E-state index contributed by atoms with van der Waals surface area (Å²) in [7, 11) is 0. The molecular formula is C9H11BrClN. The Kier molecular flexibility index (Phi) is 3.89. The number of nitrogens with two attached hydrogens (primary N) is 1. The van der Waals surface area contributed by atoms with E-state index in [0.717, 1.165) is 23.7 Å². The molecule has 0 saturated carbocycles. The Morgan fingerprint density at radius 2 is 2.17 bits per heavy atom. The van der Waals surface area contributed by atoms with Crippen LogP contribution in [0, 0.1) is 0 Å². The fourth-order valence-corrected chi connectivity index (χ4v) is 1.55. The molecule has 1 aromatic rings. The minimum Gasteiger partial charge on any atom is -0.398 e. The minimum atomic E-state index is 0.670. The summed E-state index contributed by atoms with van der Waals surface area (Å²) in [5.74, 6) is 0. The molecule has 0 heterocycles. The molecule has 0 aromatic heterocycles. The summed E-state index contributed by atoms with van der Waals surface area (Å²) in [5.41, 5.74) is 7.45. The van der Waals surface area contributed by atoms with E-state index < -0.39 is 0 Å². The molecule has 66 valence electrons. The molecule has 0 unspecified atom stereocenters. The third-order valence-electron chi connectivity index (χ3n) is 1.69. The SMILES string of the molecule is Nc1cccc(CCCBr)c1Cl. The number of hydrogen-bond acceptors (Lipinski definition) is 1. The Bertz CT molecular complexity index is 263. The zero-order valence-electron chi connectivity index (χ0n) is 6.69. The second-order valence-corrected chi connectivity index (χ2v) is 3.78. The van der Waals surface area contributed by atoms with Crippen LogP contribution >= 0.6 is 27.5 Å². The van der Waals surface area contributed by atoms with E-state index >= 15 is 0 Å². The van der Waals surface area contributed by atoms with Crippen molar-refractivity contribution in [2.24, 2.45) is 0 Å². The zero-order chi connectivity index (χ0) is 8.97. The highest BCUT2D eigenvalue weighted by Gasteiger charge is 2.01. The van der Waals surface area contributed by atoms with Crippen molar-refractivity contribution in [3.63, 3.8) is 0 Å². The number of nitrogen functional groups attached to an aromatic ring is 1. The molecular weight excluding hydrogens is 237 g/mol. The summed E-state index contributed by atoms with van der Waals surface area (Å²) < 4.78 is 0. The first-order valence-electron chi connectivity index (χ1n) is 3.84. The van der Waals surface area contributed by atoms with Crippen LogP contribution in [0.1, 0.15) is 12.0 Å². The molecule has 0 atom stereocenters. The second kappa shape index (κ2) is 4.73. The average Bonchev–Trinajstić information content (AvgIpc) is 2.08. The van der Waals surface area contributed by atoms with Crippen LogP contribution in [0.2, 0.25) is 5.02 Å². The largest absolute Gasteiger partial charge is 0.398 e. The molecule has 0 amide bonds. The number of aryl methyl sites for hydroxylation is 1. The first kappa shape index (κ1) is 9.87. The van der Waals surface area contributed by atoms with Crippen LogP contribution in [0.3, 0.4) is 0 Å². The molecule has 0 spiro atoms. The van der Waals surface area contributed by atoms with Gasteiger partial charge >= 0.3 is 0 Å². The van der Waals surface area contributed by atoms with Gasteiger partial charge in [0.05, 0.1) is 10.7 Å². The van der Waals surface area contributed by atoms with Crippen LogP contribution in [-0.4, -0.2) is 5.33 Å². The molecule has 0 saturated heterocycles. The first-order chi connectivity index (χ1) is 5.75. The summed E-state index contributed by atoms with van der Waals surface area (Å²) >= 11 is 9.36. The first-order valence-corrected chi connectivity index (χ1v) is 5.34. The number of benzene rings is 1. The molecule has 0 aliphatic rings. The van der Waals surface area contributed by atoms with E-state index in [1.54, 1.807) is 0 Å². The van der Waals surface area contributed by atoms with Gasteiger partial charge in [0.1, 0.15) is 0 Å². The lowest BCUT2D eigenvalue weighted by Gasteiger charge is -2.04. The topological polar surface area (TPSA) is 26.0 Å². The summed E-state index contributed by atoms with van der Waals surface area (Å²) in [5, 5.41) is 1.71. The summed E-state index contributed by atoms with van der Waals surface area (Å²) in [6, 6.07) is 5.77. The molecule has 0 bridgehead atoms. The maximum atomic E-state index is 5.99. The van der Waals surface area contributed by atoms with Crippen LogP contribution in [0.25, 0.3) is 0 Å². The van der Waals surface area contributed by atoms with Gasteiger partial charge in [0.15, 0.2) is 0 Å². The van der Waals surface area contributed by atoms with E-state index in [0.29, 0.717) is 10.7 Å². The quantitative estimate of drug-likeness (QED) is 0.645. The van der Waals surface area contributed by atoms with E-state index in [-0.39, 0.29) is 0 Å². The molecule has 12 heavy (non-hydrogen) atoms. The van der Waals surface area contributed by atoms with Gasteiger partial charge < -0.3 is 5.73 Å². The van der Waals surface area contributed by atoms with E-state index in [2.05, 4.69) is 15.9 Å². The van der Waals surface area contributed by atoms with Gasteiger partial charge in [0.2, 0.25) is 0 Å². The molecule has 1 aromatic carbocycles. The fraction of sp³-hybridized carbons (Fsp3) is 0.333. The molecule has 3 heteroatoms. The van der Waals surface area contributed by atoms with Crippen molar-refractivity contribution in [1.82, 2.24) is 0 Å². The highest BCUT2D eigenvalue weighted by atomic mass is 79.9. The zero-order valence-corrected chi connectivity index (χ0v) is 9.03. The Morgan fingerprint density at radius 3 is 2.83 bits per heavy atom. The Labute approximate surface area is 86.0 Å². The summed E-state index contributed by atoms with van der Waals surface area (Å²) in [4.78, 5) is 0. The van der Waals surface area contributed by atoms with E-state index in [1.807, 2.05) is 18.2 Å². The Balaban J connectivity index is 2.78. The number of halogens is 2. The summed E-state index contributed by atoms with van der Waals surface area (Å²) in [6.07, 6.45) is 2.07. The third-order valence-corrected chi connectivity index (χ3v) is 2.71. The Hall–Kier alpha value is -0.210. The van der Waals surface area contributed by atoms with Gasteiger partial charge in [0, 0.05) is 5.33 Å². The highest BCUT2D eigenvalue weighted by Crippen LogP contribution is 2.24. The van der Waals surface area contributed by atoms with Gasteiger partial charge in [0.25, 0.3) is 0 Å². The van der Waals surface area contributed by atoms with E-state index in [1.165, 1.54) is 0 Å². The van der Waals surface area contributed by atoms with Gasteiger partial charge in [-0.2, -0.15) is 0 Å². The van der Waals surface area contributed by atoms with Crippen LogP contribution in [0.15, 0.2) is 18.2 Å². The average molecular weight is 249 g/mol. The molecule has 0 fully saturated rings. The molecule has 0 aliphatic carbocycles. The van der Waals surface area contributed by atoms with Crippen LogP contribution in [0.4, 0.5) is 5.69 Å². The van der Waals surface area contributed by atoms with Crippen molar-refractivity contribution in [3.8, 4) is 0 Å². The van der Waals surface area contributed by atoms with Gasteiger partial charge in [-0.15, -0.1) is 0 Å². The van der Waals surface area contributed by atoms with E-state index in [4.69, 9.17) is 17.3 Å². The van der Waals surface area contributed by atoms with Gasteiger partial charge in [-0.25, -0.2) is 0 Å². The van der Waals surface area contributed by atoms with Crippen molar-refractivity contribution < 1.29 is 0 Å². The van der Waals surface area contributed by atoms with E-state index in [9.17, 15) is 0 Å². The lowest BCUT2D eigenvalue weighted by atomic mass is 10.1. The van der Waals surface area contributed by atoms with Crippen molar-refractivity contribution in [3.05, 3.63) is 28.8 Å². The van der Waals surface area contributed by atoms with Gasteiger partial charge in [-0.3, -0.25) is 0 Å².